The molecule has 1 amide bonds. The molecule has 3 N–H and O–H groups in total. The number of benzene rings is 1. The van der Waals surface area contributed by atoms with Gasteiger partial charge < -0.3 is 15.7 Å². The molecule has 30 heavy (non-hydrogen) atoms. The van der Waals surface area contributed by atoms with Crippen molar-refractivity contribution in [2.24, 2.45) is 5.92 Å². The third-order valence-electron chi connectivity index (χ3n) is 4.74. The molecule has 1 aromatic carbocycles. The number of nitrogens with one attached hydrogen (secondary N) is 2. The molecular weight excluding hydrogens is 408 g/mol. The Morgan fingerprint density at radius 1 is 1.20 bits per heavy atom. The minimum absolute atomic E-state index is 0.108. The van der Waals surface area contributed by atoms with E-state index in [1.165, 1.54) is 19.1 Å². The van der Waals surface area contributed by atoms with Crippen LogP contribution in [-0.2, 0) is 23.2 Å². The van der Waals surface area contributed by atoms with Gasteiger partial charge in [0, 0.05) is 42.6 Å². The fraction of sp³-hybridized carbons (Fsp3) is 0.545. The smallest absolute Gasteiger partial charge is 0.217 e. The third kappa shape index (κ3) is 7.41. The summed E-state index contributed by atoms with van der Waals surface area (Å²) in [7, 11) is 0. The normalized spacial score (nSPS) is 14.0. The lowest BCUT2D eigenvalue weighted by atomic mass is 9.98. The Morgan fingerprint density at radius 2 is 1.83 bits per heavy atom. The molecule has 1 heterocycles. The summed E-state index contributed by atoms with van der Waals surface area (Å²) in [5.41, 5.74) is -0.0649. The number of rotatable bonds is 10. The maximum atomic E-state index is 13.5. The molecule has 0 aliphatic heterocycles. The number of aromatic nitrogens is 1. The highest BCUT2D eigenvalue weighted by atomic mass is 32.1. The monoisotopic (exact) mass is 439 g/mol. The van der Waals surface area contributed by atoms with Crippen LogP contribution < -0.4 is 10.6 Å². The van der Waals surface area contributed by atoms with Crippen molar-refractivity contribution in [3.63, 3.8) is 0 Å². The van der Waals surface area contributed by atoms with Crippen LogP contribution in [-0.4, -0.2) is 34.7 Å². The molecule has 166 valence electrons. The van der Waals surface area contributed by atoms with Crippen molar-refractivity contribution in [2.75, 3.05) is 6.54 Å². The Hall–Kier alpha value is -1.90. The lowest BCUT2D eigenvalue weighted by Crippen LogP contribution is -2.50. The van der Waals surface area contributed by atoms with E-state index in [-0.39, 0.29) is 18.9 Å². The predicted octanol–water partition coefficient (Wildman–Crippen LogP) is 3.55. The minimum Gasteiger partial charge on any atom is -0.390 e. The first kappa shape index (κ1) is 24.4. The van der Waals surface area contributed by atoms with Crippen LogP contribution in [0.4, 0.5) is 8.78 Å². The molecule has 0 saturated heterocycles. The van der Waals surface area contributed by atoms with E-state index >= 15 is 0 Å². The molecule has 0 fully saturated rings. The number of hydrogen-bond donors (Lipinski definition) is 3. The largest absolute Gasteiger partial charge is 0.390 e. The van der Waals surface area contributed by atoms with E-state index in [4.69, 9.17) is 0 Å². The van der Waals surface area contributed by atoms with Crippen LogP contribution in [0.5, 0.6) is 0 Å². The molecular formula is C22H31F2N3O2S. The van der Waals surface area contributed by atoms with E-state index in [0.29, 0.717) is 11.5 Å². The summed E-state index contributed by atoms with van der Waals surface area (Å²) in [6, 6.07) is 2.51. The number of carbonyl (C=O) groups is 1. The van der Waals surface area contributed by atoms with E-state index in [0.717, 1.165) is 22.4 Å². The number of hydrogen-bond acceptors (Lipinski definition) is 5. The van der Waals surface area contributed by atoms with Gasteiger partial charge in [0.25, 0.3) is 0 Å². The highest BCUT2D eigenvalue weighted by Gasteiger charge is 2.27. The van der Waals surface area contributed by atoms with Crippen molar-refractivity contribution in [3.8, 4) is 0 Å². The topological polar surface area (TPSA) is 74.2 Å². The summed E-state index contributed by atoms with van der Waals surface area (Å²) >= 11 is 1.64. The second kappa shape index (κ2) is 10.4. The molecule has 1 aromatic heterocycles. The summed E-state index contributed by atoms with van der Waals surface area (Å²) in [4.78, 5) is 17.1. The highest BCUT2D eigenvalue weighted by Crippen LogP contribution is 2.27. The fourth-order valence-electron chi connectivity index (χ4n) is 3.16. The second-order valence-corrected chi connectivity index (χ2v) is 9.69. The molecule has 0 aliphatic rings. The maximum Gasteiger partial charge on any atom is 0.217 e. The van der Waals surface area contributed by atoms with E-state index in [1.54, 1.807) is 11.3 Å². The van der Waals surface area contributed by atoms with Gasteiger partial charge >= 0.3 is 0 Å². The van der Waals surface area contributed by atoms with Crippen LogP contribution in [0.3, 0.4) is 0 Å². The Labute approximate surface area is 180 Å². The molecule has 2 aromatic rings. The standard InChI is InChI=1S/C22H31F2N3O2S/c1-13(2)6-21-25-12-20(30-21)22(4,5)26-11-19(29)18(27-14(3)28)9-15-7-16(23)10-17(24)8-15/h7-8,10,12-13,18-19,26,29H,6,9,11H2,1-5H3,(H,27,28)/t18-,19-/m0/s1. The van der Waals surface area contributed by atoms with Crippen molar-refractivity contribution in [1.82, 2.24) is 15.6 Å². The number of amides is 1. The van der Waals surface area contributed by atoms with Gasteiger partial charge in [0.15, 0.2) is 0 Å². The van der Waals surface area contributed by atoms with Crippen molar-refractivity contribution < 1.29 is 18.7 Å². The fourth-order valence-corrected chi connectivity index (χ4v) is 4.37. The van der Waals surface area contributed by atoms with Crippen LogP contribution in [0.2, 0.25) is 0 Å². The quantitative estimate of drug-likeness (QED) is 0.529. The first-order chi connectivity index (χ1) is 14.0. The maximum absolute atomic E-state index is 13.5. The van der Waals surface area contributed by atoms with Crippen LogP contribution in [0, 0.1) is 17.6 Å². The lowest BCUT2D eigenvalue weighted by molar-refractivity contribution is -0.120. The van der Waals surface area contributed by atoms with E-state index in [2.05, 4.69) is 29.5 Å². The number of halogens is 2. The van der Waals surface area contributed by atoms with Crippen LogP contribution >= 0.6 is 11.3 Å². The molecule has 0 saturated carbocycles. The molecule has 2 rings (SSSR count). The van der Waals surface area contributed by atoms with Gasteiger partial charge in [-0.25, -0.2) is 13.8 Å². The summed E-state index contributed by atoms with van der Waals surface area (Å²) < 4.78 is 27.0. The average Bonchev–Trinajstić information content (AvgIpc) is 3.06. The van der Waals surface area contributed by atoms with Crippen molar-refractivity contribution in [3.05, 3.63) is 51.5 Å². The van der Waals surface area contributed by atoms with Gasteiger partial charge in [0.1, 0.15) is 11.6 Å². The van der Waals surface area contributed by atoms with E-state index in [9.17, 15) is 18.7 Å². The molecule has 0 unspecified atom stereocenters. The zero-order valence-electron chi connectivity index (χ0n) is 18.1. The van der Waals surface area contributed by atoms with Gasteiger partial charge in [-0.15, -0.1) is 11.3 Å². The molecule has 8 heteroatoms. The number of thiazole rings is 1. The Morgan fingerprint density at radius 3 is 2.40 bits per heavy atom. The van der Waals surface area contributed by atoms with Gasteiger partial charge in [-0.2, -0.15) is 0 Å². The highest BCUT2D eigenvalue weighted by molar-refractivity contribution is 7.11. The van der Waals surface area contributed by atoms with Gasteiger partial charge in [0.05, 0.1) is 17.2 Å². The zero-order valence-corrected chi connectivity index (χ0v) is 18.9. The minimum atomic E-state index is -0.956. The second-order valence-electron chi connectivity index (χ2n) is 8.58. The molecule has 0 bridgehead atoms. The van der Waals surface area contributed by atoms with Crippen LogP contribution in [0.25, 0.3) is 0 Å². The van der Waals surface area contributed by atoms with Gasteiger partial charge in [-0.1, -0.05) is 13.8 Å². The van der Waals surface area contributed by atoms with Crippen LogP contribution in [0.1, 0.15) is 50.1 Å². The lowest BCUT2D eigenvalue weighted by Gasteiger charge is -2.30. The number of aliphatic hydroxyl groups excluding tert-OH is 1. The third-order valence-corrected chi connectivity index (χ3v) is 6.08. The summed E-state index contributed by atoms with van der Waals surface area (Å²) in [6.07, 6.45) is 1.92. The SMILES string of the molecule is CC(=O)N[C@@H](Cc1cc(F)cc(F)c1)[C@@H](O)CNC(C)(C)c1cnc(CC(C)C)s1. The van der Waals surface area contributed by atoms with Crippen molar-refractivity contribution in [2.45, 2.75) is 65.1 Å². The van der Waals surface area contributed by atoms with Gasteiger partial charge in [-0.3, -0.25) is 4.79 Å². The zero-order chi connectivity index (χ0) is 22.5. The Balaban J connectivity index is 2.06. The molecule has 0 spiro atoms. The Bertz CT molecular complexity index is 834. The van der Waals surface area contributed by atoms with Crippen molar-refractivity contribution >= 4 is 17.2 Å². The summed E-state index contributed by atoms with van der Waals surface area (Å²) in [5, 5.41) is 17.8. The molecule has 0 aliphatic carbocycles. The Kier molecular flexibility index (Phi) is 8.46. The van der Waals surface area contributed by atoms with Crippen LogP contribution in [0.15, 0.2) is 24.4 Å². The predicted molar refractivity (Wildman–Crippen MR) is 115 cm³/mol. The molecule has 2 atom stereocenters. The molecule has 5 nitrogen and oxygen atoms in total. The van der Waals surface area contributed by atoms with E-state index in [1.807, 2.05) is 20.0 Å². The van der Waals surface area contributed by atoms with E-state index < -0.39 is 29.3 Å². The van der Waals surface area contributed by atoms with Gasteiger partial charge in [0.2, 0.25) is 5.91 Å². The van der Waals surface area contributed by atoms with Gasteiger partial charge in [-0.05, 0) is 43.9 Å². The summed E-state index contributed by atoms with van der Waals surface area (Å²) in [5.74, 6) is -1.19. The average molecular weight is 440 g/mol. The first-order valence-corrected chi connectivity index (χ1v) is 10.9. The first-order valence-electron chi connectivity index (χ1n) is 10.1. The molecule has 0 radical (unpaired) electrons. The number of nitrogens with zero attached hydrogens (tertiary/aromatic N) is 1. The van der Waals surface area contributed by atoms with Crippen molar-refractivity contribution in [1.29, 1.82) is 0 Å². The summed E-state index contributed by atoms with van der Waals surface area (Å²) in [6.45, 7) is 9.83. The number of carbonyl (C=O) groups excluding carboxylic acids is 1. The number of aliphatic hydroxyl groups is 1.